The molecule has 0 saturated heterocycles. The Morgan fingerprint density at radius 1 is 1.24 bits per heavy atom. The number of nitriles is 1. The first-order chi connectivity index (χ1) is 10.2. The first kappa shape index (κ1) is 15.2. The van der Waals surface area contributed by atoms with Gasteiger partial charge in [0, 0.05) is 17.3 Å². The van der Waals surface area contributed by atoms with Gasteiger partial charge in [-0.15, -0.1) is 0 Å². The van der Waals surface area contributed by atoms with Gasteiger partial charge in [0.05, 0.1) is 11.6 Å². The molecular formula is C16H15ClN2O2. The zero-order valence-electron chi connectivity index (χ0n) is 11.3. The number of nitrogens with one attached hydrogen (secondary N) is 1. The summed E-state index contributed by atoms with van der Waals surface area (Å²) in [5.41, 5.74) is 1.42. The number of nitrogens with zero attached hydrogens (tertiary/aromatic N) is 1. The molecule has 0 bridgehead atoms. The normalized spacial score (nSPS) is 11.5. The van der Waals surface area contributed by atoms with Gasteiger partial charge in [0.25, 0.3) is 0 Å². The van der Waals surface area contributed by atoms with Crippen molar-refractivity contribution >= 4 is 17.3 Å². The van der Waals surface area contributed by atoms with Crippen molar-refractivity contribution in [2.45, 2.75) is 6.10 Å². The van der Waals surface area contributed by atoms with E-state index in [0.29, 0.717) is 22.9 Å². The van der Waals surface area contributed by atoms with E-state index in [2.05, 4.69) is 5.32 Å². The molecule has 0 saturated carbocycles. The Kier molecular flexibility index (Phi) is 5.44. The van der Waals surface area contributed by atoms with Gasteiger partial charge in [-0.1, -0.05) is 17.7 Å². The topological polar surface area (TPSA) is 65.3 Å². The lowest BCUT2D eigenvalue weighted by Crippen LogP contribution is -2.26. The van der Waals surface area contributed by atoms with Gasteiger partial charge in [-0.2, -0.15) is 5.26 Å². The number of hydrogen-bond donors (Lipinski definition) is 2. The van der Waals surface area contributed by atoms with Crippen LogP contribution in [0.15, 0.2) is 48.5 Å². The highest BCUT2D eigenvalue weighted by Crippen LogP contribution is 2.15. The predicted octanol–water partition coefficient (Wildman–Crippen LogP) is 3.06. The van der Waals surface area contributed by atoms with E-state index >= 15 is 0 Å². The summed E-state index contributed by atoms with van der Waals surface area (Å²) in [7, 11) is 0. The standard InChI is InChI=1S/C16H15ClN2O2/c17-13-2-1-3-14(8-13)19-10-15(20)11-21-16-6-4-12(9-18)5-7-16/h1-8,15,19-20H,10-11H2. The Morgan fingerprint density at radius 2 is 2.00 bits per heavy atom. The maximum Gasteiger partial charge on any atom is 0.119 e. The van der Waals surface area contributed by atoms with Crippen molar-refractivity contribution in [2.75, 3.05) is 18.5 Å². The average molecular weight is 303 g/mol. The first-order valence-electron chi connectivity index (χ1n) is 6.48. The molecule has 0 aliphatic rings. The van der Waals surface area contributed by atoms with Gasteiger partial charge in [0.1, 0.15) is 18.5 Å². The van der Waals surface area contributed by atoms with Crippen molar-refractivity contribution in [2.24, 2.45) is 0 Å². The van der Waals surface area contributed by atoms with E-state index in [1.54, 1.807) is 36.4 Å². The lowest BCUT2D eigenvalue weighted by molar-refractivity contribution is 0.117. The number of aliphatic hydroxyl groups excluding tert-OH is 1. The van der Waals surface area contributed by atoms with E-state index in [4.69, 9.17) is 21.6 Å². The maximum atomic E-state index is 9.87. The zero-order valence-corrected chi connectivity index (χ0v) is 12.0. The molecule has 4 nitrogen and oxygen atoms in total. The Morgan fingerprint density at radius 3 is 2.67 bits per heavy atom. The van der Waals surface area contributed by atoms with Gasteiger partial charge in [0.2, 0.25) is 0 Å². The van der Waals surface area contributed by atoms with E-state index in [9.17, 15) is 5.11 Å². The molecule has 5 heteroatoms. The number of rotatable bonds is 6. The van der Waals surface area contributed by atoms with E-state index in [0.717, 1.165) is 5.69 Å². The molecular weight excluding hydrogens is 288 g/mol. The smallest absolute Gasteiger partial charge is 0.119 e. The van der Waals surface area contributed by atoms with Gasteiger partial charge in [0.15, 0.2) is 0 Å². The molecule has 0 aliphatic carbocycles. The lowest BCUT2D eigenvalue weighted by Gasteiger charge is -2.14. The van der Waals surface area contributed by atoms with Gasteiger partial charge in [-0.3, -0.25) is 0 Å². The molecule has 2 N–H and O–H groups in total. The van der Waals surface area contributed by atoms with Crippen molar-refractivity contribution in [3.8, 4) is 11.8 Å². The quantitative estimate of drug-likeness (QED) is 0.860. The van der Waals surface area contributed by atoms with Crippen LogP contribution >= 0.6 is 11.6 Å². The van der Waals surface area contributed by atoms with Crippen LogP contribution in [0.2, 0.25) is 5.02 Å². The zero-order chi connectivity index (χ0) is 15.1. The third kappa shape index (κ3) is 4.99. The average Bonchev–Trinajstić information content (AvgIpc) is 2.51. The number of hydrogen-bond acceptors (Lipinski definition) is 4. The van der Waals surface area contributed by atoms with Gasteiger partial charge in [-0.25, -0.2) is 0 Å². The molecule has 0 radical (unpaired) electrons. The molecule has 0 aromatic heterocycles. The number of anilines is 1. The number of ether oxygens (including phenoxy) is 1. The molecule has 108 valence electrons. The summed E-state index contributed by atoms with van der Waals surface area (Å²) in [4.78, 5) is 0. The van der Waals surface area contributed by atoms with Crippen molar-refractivity contribution in [1.82, 2.24) is 0 Å². The highest BCUT2D eigenvalue weighted by Gasteiger charge is 2.05. The largest absolute Gasteiger partial charge is 0.491 e. The molecule has 0 spiro atoms. The first-order valence-corrected chi connectivity index (χ1v) is 6.85. The second kappa shape index (κ2) is 7.53. The van der Waals surface area contributed by atoms with Crippen LogP contribution in [0.1, 0.15) is 5.56 Å². The second-order valence-electron chi connectivity index (χ2n) is 4.49. The molecule has 2 aromatic rings. The van der Waals surface area contributed by atoms with Crippen molar-refractivity contribution < 1.29 is 9.84 Å². The molecule has 0 aliphatic heterocycles. The summed E-state index contributed by atoms with van der Waals surface area (Å²) < 4.78 is 5.45. The van der Waals surface area contributed by atoms with E-state index < -0.39 is 6.10 Å². The molecule has 0 fully saturated rings. The number of halogens is 1. The minimum absolute atomic E-state index is 0.166. The van der Waals surface area contributed by atoms with Crippen LogP contribution in [0.3, 0.4) is 0 Å². The summed E-state index contributed by atoms with van der Waals surface area (Å²) in [6.07, 6.45) is -0.653. The molecule has 0 heterocycles. The van der Waals surface area contributed by atoms with Crippen molar-refractivity contribution in [1.29, 1.82) is 5.26 Å². The third-order valence-corrected chi connectivity index (χ3v) is 3.03. The van der Waals surface area contributed by atoms with Gasteiger partial charge in [-0.05, 0) is 42.5 Å². The lowest BCUT2D eigenvalue weighted by atomic mass is 10.2. The molecule has 1 unspecified atom stereocenters. The van der Waals surface area contributed by atoms with Crippen LogP contribution in [-0.2, 0) is 0 Å². The van der Waals surface area contributed by atoms with E-state index in [1.165, 1.54) is 0 Å². The van der Waals surface area contributed by atoms with Gasteiger partial charge < -0.3 is 15.2 Å². The van der Waals surface area contributed by atoms with Crippen LogP contribution in [0.5, 0.6) is 5.75 Å². The van der Waals surface area contributed by atoms with Crippen molar-refractivity contribution in [3.05, 3.63) is 59.1 Å². The molecule has 2 rings (SSSR count). The maximum absolute atomic E-state index is 9.87. The molecule has 21 heavy (non-hydrogen) atoms. The highest BCUT2D eigenvalue weighted by atomic mass is 35.5. The minimum Gasteiger partial charge on any atom is -0.491 e. The van der Waals surface area contributed by atoms with E-state index in [1.807, 2.05) is 18.2 Å². The summed E-state index contributed by atoms with van der Waals surface area (Å²) in [5, 5.41) is 22.3. The summed E-state index contributed by atoms with van der Waals surface area (Å²) in [6.45, 7) is 0.524. The second-order valence-corrected chi connectivity index (χ2v) is 4.93. The van der Waals surface area contributed by atoms with Crippen molar-refractivity contribution in [3.63, 3.8) is 0 Å². The molecule has 1 atom stereocenters. The Hall–Kier alpha value is -2.22. The van der Waals surface area contributed by atoms with Crippen LogP contribution < -0.4 is 10.1 Å². The SMILES string of the molecule is N#Cc1ccc(OCC(O)CNc2cccc(Cl)c2)cc1. The third-order valence-electron chi connectivity index (χ3n) is 2.79. The Labute approximate surface area is 128 Å². The minimum atomic E-state index is -0.653. The summed E-state index contributed by atoms with van der Waals surface area (Å²) in [6, 6.07) is 16.1. The van der Waals surface area contributed by atoms with Gasteiger partial charge >= 0.3 is 0 Å². The van der Waals surface area contributed by atoms with E-state index in [-0.39, 0.29) is 6.61 Å². The monoisotopic (exact) mass is 302 g/mol. The number of benzene rings is 2. The Balaban J connectivity index is 1.76. The summed E-state index contributed by atoms with van der Waals surface area (Å²) >= 11 is 5.88. The fourth-order valence-electron chi connectivity index (χ4n) is 1.71. The van der Waals surface area contributed by atoms with Crippen LogP contribution in [0, 0.1) is 11.3 Å². The highest BCUT2D eigenvalue weighted by molar-refractivity contribution is 6.30. The van der Waals surface area contributed by atoms with Crippen LogP contribution in [0.25, 0.3) is 0 Å². The molecule has 0 amide bonds. The van der Waals surface area contributed by atoms with Crippen LogP contribution in [0.4, 0.5) is 5.69 Å². The fraction of sp³-hybridized carbons (Fsp3) is 0.188. The molecule has 2 aromatic carbocycles. The predicted molar refractivity (Wildman–Crippen MR) is 82.6 cm³/mol. The Bertz CT molecular complexity index is 623. The van der Waals surface area contributed by atoms with Crippen LogP contribution in [-0.4, -0.2) is 24.4 Å². The number of aliphatic hydroxyl groups is 1. The summed E-state index contributed by atoms with van der Waals surface area (Å²) in [5.74, 6) is 0.621. The fourth-order valence-corrected chi connectivity index (χ4v) is 1.90.